The number of carboxylic acid groups (broad SMARTS) is 1. The lowest BCUT2D eigenvalue weighted by Gasteiger charge is -2.18. The van der Waals surface area contributed by atoms with Gasteiger partial charge in [0.05, 0.1) is 21.2 Å². The van der Waals surface area contributed by atoms with Crippen LogP contribution in [0.2, 0.25) is 10.0 Å². The van der Waals surface area contributed by atoms with E-state index >= 15 is 0 Å². The van der Waals surface area contributed by atoms with Crippen LogP contribution in [0.15, 0.2) is 68.0 Å². The van der Waals surface area contributed by atoms with Crippen molar-refractivity contribution in [2.45, 2.75) is 6.17 Å². The number of rotatable bonds is 5. The van der Waals surface area contributed by atoms with Crippen LogP contribution in [0.1, 0.15) is 6.17 Å². The molecule has 0 amide bonds. The highest BCUT2D eigenvalue weighted by atomic mass is 35.5. The van der Waals surface area contributed by atoms with Gasteiger partial charge in [-0.1, -0.05) is 47.5 Å². The normalized spacial score (nSPS) is 11.1. The Hall–Kier alpha value is -4.29. The zero-order valence-electron chi connectivity index (χ0n) is 17.6. The average molecular weight is 537 g/mol. The van der Waals surface area contributed by atoms with Crippen LogP contribution in [0.3, 0.4) is 0 Å². The van der Waals surface area contributed by atoms with Crippen LogP contribution in [-0.2, 0) is 4.79 Å². The van der Waals surface area contributed by atoms with Crippen molar-refractivity contribution >= 4 is 29.2 Å². The Bertz CT molecular complexity index is 1650. The number of halogens is 4. The summed E-state index contributed by atoms with van der Waals surface area (Å²) in [7, 11) is 0. The van der Waals surface area contributed by atoms with Crippen LogP contribution in [0.5, 0.6) is 0 Å². The molecular weight excluding hydrogens is 525 g/mol. The zero-order valence-corrected chi connectivity index (χ0v) is 19.1. The molecule has 0 aliphatic rings. The highest BCUT2D eigenvalue weighted by Crippen LogP contribution is 2.28. The maximum Gasteiger partial charge on any atom is 0.348 e. The van der Waals surface area contributed by atoms with Crippen LogP contribution in [0.4, 0.5) is 8.78 Å². The van der Waals surface area contributed by atoms with E-state index < -0.39 is 67.4 Å². The van der Waals surface area contributed by atoms with Crippen molar-refractivity contribution in [1.29, 1.82) is 0 Å². The molecule has 3 N–H and O–H groups in total. The van der Waals surface area contributed by atoms with E-state index in [0.29, 0.717) is 0 Å². The molecule has 14 heteroatoms. The van der Waals surface area contributed by atoms with Crippen LogP contribution in [0, 0.1) is 11.6 Å². The molecule has 0 unspecified atom stereocenters. The topological polar surface area (TPSA) is 147 Å². The van der Waals surface area contributed by atoms with E-state index in [1.54, 1.807) is 0 Å². The predicted octanol–water partition coefficient (Wildman–Crippen LogP) is 2.44. The van der Waals surface area contributed by atoms with Gasteiger partial charge in [0.2, 0.25) is 6.17 Å². The molecule has 0 spiro atoms. The second-order valence-electron chi connectivity index (χ2n) is 7.28. The first-order chi connectivity index (χ1) is 17.0. The SMILES string of the molecule is O=C(O)C(n1c(=O)[nH]cc(-c2cccc(F)c2Cl)c1=O)n1c(=O)[nH]cc(-c2cccc(F)c2Cl)c1=O. The molecule has 0 radical (unpaired) electrons. The summed E-state index contributed by atoms with van der Waals surface area (Å²) >= 11 is 11.9. The molecule has 4 aromatic rings. The summed E-state index contributed by atoms with van der Waals surface area (Å²) in [4.78, 5) is 68.2. The Morgan fingerprint density at radius 3 is 1.50 bits per heavy atom. The first-order valence-electron chi connectivity index (χ1n) is 9.84. The van der Waals surface area contributed by atoms with Gasteiger partial charge in [-0.3, -0.25) is 9.59 Å². The monoisotopic (exact) mass is 536 g/mol. The first-order valence-corrected chi connectivity index (χ1v) is 10.6. The predicted molar refractivity (Wildman–Crippen MR) is 126 cm³/mol. The van der Waals surface area contributed by atoms with Gasteiger partial charge >= 0.3 is 17.3 Å². The van der Waals surface area contributed by atoms with E-state index in [-0.39, 0.29) is 20.3 Å². The average Bonchev–Trinajstić information content (AvgIpc) is 2.82. The number of nitrogens with one attached hydrogen (secondary N) is 2. The van der Waals surface area contributed by atoms with Gasteiger partial charge in [0.25, 0.3) is 11.1 Å². The van der Waals surface area contributed by atoms with E-state index in [2.05, 4.69) is 9.97 Å². The third kappa shape index (κ3) is 4.06. The van der Waals surface area contributed by atoms with E-state index in [4.69, 9.17) is 23.2 Å². The van der Waals surface area contributed by atoms with Crippen molar-refractivity contribution in [2.75, 3.05) is 0 Å². The molecular formula is C22H12Cl2F2N4O6. The summed E-state index contributed by atoms with van der Waals surface area (Å²) in [5, 5.41) is 8.92. The lowest BCUT2D eigenvalue weighted by molar-refractivity contribution is -0.142. The molecule has 10 nitrogen and oxygen atoms in total. The smallest absolute Gasteiger partial charge is 0.348 e. The minimum Gasteiger partial charge on any atom is -0.478 e. The summed E-state index contributed by atoms with van der Waals surface area (Å²) in [6, 6.07) is 6.96. The third-order valence-corrected chi connectivity index (χ3v) is 5.98. The number of hydrogen-bond acceptors (Lipinski definition) is 5. The van der Waals surface area contributed by atoms with Crippen molar-refractivity contribution < 1.29 is 18.7 Å². The fourth-order valence-electron chi connectivity index (χ4n) is 3.56. The summed E-state index contributed by atoms with van der Waals surface area (Å²) in [6.45, 7) is 0. The van der Waals surface area contributed by atoms with Crippen LogP contribution < -0.4 is 22.5 Å². The molecule has 0 fully saturated rings. The Labute approximate surface area is 207 Å². The zero-order chi connectivity index (χ0) is 26.3. The molecule has 0 aliphatic carbocycles. The quantitative estimate of drug-likeness (QED) is 0.357. The van der Waals surface area contributed by atoms with Crippen LogP contribution >= 0.6 is 23.2 Å². The first kappa shape index (κ1) is 24.8. The molecule has 36 heavy (non-hydrogen) atoms. The molecule has 0 saturated carbocycles. The molecule has 2 heterocycles. The van der Waals surface area contributed by atoms with Crippen molar-refractivity contribution in [3.05, 3.63) is 112 Å². The minimum absolute atomic E-state index is 0.0898. The number of aromatic amines is 2. The number of aromatic nitrogens is 4. The number of aliphatic carboxylic acids is 1. The Kier molecular flexibility index (Phi) is 6.48. The lowest BCUT2D eigenvalue weighted by atomic mass is 10.1. The number of hydrogen-bond donors (Lipinski definition) is 3. The third-order valence-electron chi connectivity index (χ3n) is 5.21. The lowest BCUT2D eigenvalue weighted by Crippen LogP contribution is -2.51. The van der Waals surface area contributed by atoms with Crippen LogP contribution in [0.25, 0.3) is 22.3 Å². The summed E-state index contributed by atoms with van der Waals surface area (Å²) < 4.78 is 28.1. The highest BCUT2D eigenvalue weighted by molar-refractivity contribution is 6.33. The second-order valence-corrected chi connectivity index (χ2v) is 8.04. The second kappa shape index (κ2) is 9.40. The van der Waals surface area contributed by atoms with Gasteiger partial charge in [-0.25, -0.2) is 32.3 Å². The Morgan fingerprint density at radius 2 is 1.14 bits per heavy atom. The standard InChI is InChI=1S/C22H12Cl2F2N4O6/c23-15-9(3-1-5-13(15)25)11-7-27-21(35)29(18(11)31)17(20(33)34)30-19(32)12(8-28-22(30)36)10-4-2-6-14(26)16(10)24/h1-8,17H,(H,27,35)(H,28,36)(H,33,34). The fraction of sp³-hybridized carbons (Fsp3) is 0.0455. The molecule has 0 bridgehead atoms. The van der Waals surface area contributed by atoms with Gasteiger partial charge in [0, 0.05) is 23.5 Å². The van der Waals surface area contributed by atoms with Crippen LogP contribution in [-0.4, -0.2) is 30.2 Å². The highest BCUT2D eigenvalue weighted by Gasteiger charge is 2.31. The van der Waals surface area contributed by atoms with Gasteiger partial charge in [0.15, 0.2) is 0 Å². The van der Waals surface area contributed by atoms with Gasteiger partial charge in [-0.05, 0) is 12.1 Å². The number of benzene rings is 2. The Balaban J connectivity index is 2.04. The van der Waals surface area contributed by atoms with Gasteiger partial charge in [-0.2, -0.15) is 0 Å². The number of nitrogens with zero attached hydrogens (tertiary/aromatic N) is 2. The molecule has 2 aromatic carbocycles. The molecule has 2 aromatic heterocycles. The van der Waals surface area contributed by atoms with E-state index in [0.717, 1.165) is 24.5 Å². The van der Waals surface area contributed by atoms with E-state index in [1.165, 1.54) is 24.3 Å². The minimum atomic E-state index is -2.50. The maximum absolute atomic E-state index is 14.0. The molecule has 184 valence electrons. The molecule has 0 saturated heterocycles. The molecule has 0 aliphatic heterocycles. The van der Waals surface area contributed by atoms with Crippen molar-refractivity contribution in [2.24, 2.45) is 0 Å². The summed E-state index contributed by atoms with van der Waals surface area (Å²) in [6.07, 6.45) is -0.732. The van der Waals surface area contributed by atoms with Crippen molar-refractivity contribution in [3.63, 3.8) is 0 Å². The largest absolute Gasteiger partial charge is 0.478 e. The van der Waals surface area contributed by atoms with E-state index in [1.807, 2.05) is 0 Å². The maximum atomic E-state index is 14.0. The summed E-state index contributed by atoms with van der Waals surface area (Å²) in [5.74, 6) is -3.73. The van der Waals surface area contributed by atoms with E-state index in [9.17, 15) is 37.9 Å². The summed E-state index contributed by atoms with van der Waals surface area (Å²) in [5.41, 5.74) is -6.39. The molecule has 0 atom stereocenters. The number of H-pyrrole nitrogens is 2. The number of carboxylic acids is 1. The van der Waals surface area contributed by atoms with Gasteiger partial charge < -0.3 is 15.1 Å². The van der Waals surface area contributed by atoms with Gasteiger partial charge in [0.1, 0.15) is 11.6 Å². The number of carbonyl (C=O) groups is 1. The van der Waals surface area contributed by atoms with Crippen molar-refractivity contribution in [3.8, 4) is 22.3 Å². The van der Waals surface area contributed by atoms with Crippen molar-refractivity contribution in [1.82, 2.24) is 19.1 Å². The Morgan fingerprint density at radius 1 is 0.750 bits per heavy atom. The fourth-order valence-corrected chi connectivity index (χ4v) is 4.02. The van der Waals surface area contributed by atoms with Gasteiger partial charge in [-0.15, -0.1) is 0 Å². The molecule has 4 rings (SSSR count).